The molecule has 1 N–H and O–H groups in total. The van der Waals surface area contributed by atoms with Crippen LogP contribution in [-0.2, 0) is 0 Å². The molecule has 0 saturated heterocycles. The van der Waals surface area contributed by atoms with E-state index in [4.69, 9.17) is 0 Å². The highest BCUT2D eigenvalue weighted by molar-refractivity contribution is 5.33. The molecule has 3 heteroatoms. The van der Waals surface area contributed by atoms with Gasteiger partial charge in [-0.05, 0) is 32.1 Å². The molecule has 1 fully saturated rings. The first-order valence-electron chi connectivity index (χ1n) is 6.20. The van der Waals surface area contributed by atoms with Crippen molar-refractivity contribution >= 4 is 5.95 Å². The van der Waals surface area contributed by atoms with E-state index in [2.05, 4.69) is 55.7 Å². The Labute approximate surface area is 98.3 Å². The van der Waals surface area contributed by atoms with Crippen LogP contribution in [-0.4, -0.2) is 15.6 Å². The number of hydrogen-bond donors (Lipinski definition) is 1. The molecule has 0 spiro atoms. The van der Waals surface area contributed by atoms with Gasteiger partial charge in [-0.25, -0.2) is 4.98 Å². The summed E-state index contributed by atoms with van der Waals surface area (Å²) in [6.45, 7) is 11.1. The molecule has 1 atom stereocenters. The fourth-order valence-electron chi connectivity index (χ4n) is 1.75. The van der Waals surface area contributed by atoms with E-state index in [-0.39, 0.29) is 5.41 Å². The number of aromatic nitrogens is 2. The first-order valence-corrected chi connectivity index (χ1v) is 6.20. The molecular weight excluding hydrogens is 198 g/mol. The summed E-state index contributed by atoms with van der Waals surface area (Å²) in [6.07, 6.45) is 4.73. The fourth-order valence-corrected chi connectivity index (χ4v) is 1.75. The Morgan fingerprint density at radius 1 is 1.44 bits per heavy atom. The molecule has 0 aliphatic heterocycles. The van der Waals surface area contributed by atoms with Crippen molar-refractivity contribution in [2.75, 3.05) is 5.32 Å². The summed E-state index contributed by atoms with van der Waals surface area (Å²) in [4.78, 5) is 4.58. The van der Waals surface area contributed by atoms with Crippen LogP contribution in [0.2, 0.25) is 0 Å². The van der Waals surface area contributed by atoms with E-state index < -0.39 is 0 Å². The highest BCUT2D eigenvalue weighted by Gasteiger charge is 2.27. The summed E-state index contributed by atoms with van der Waals surface area (Å²) in [5.41, 5.74) is 1.35. The number of rotatable bonds is 3. The van der Waals surface area contributed by atoms with Crippen LogP contribution in [0.1, 0.15) is 52.3 Å². The Kier molecular flexibility index (Phi) is 2.72. The minimum absolute atomic E-state index is 0.257. The third-order valence-electron chi connectivity index (χ3n) is 3.43. The minimum Gasteiger partial charge on any atom is -0.353 e. The predicted molar refractivity (Wildman–Crippen MR) is 67.8 cm³/mol. The largest absolute Gasteiger partial charge is 0.353 e. The molecule has 1 aliphatic carbocycles. The molecule has 0 amide bonds. The van der Waals surface area contributed by atoms with E-state index in [1.165, 1.54) is 12.8 Å². The molecule has 16 heavy (non-hydrogen) atoms. The van der Waals surface area contributed by atoms with Gasteiger partial charge in [0.2, 0.25) is 5.95 Å². The van der Waals surface area contributed by atoms with Gasteiger partial charge in [-0.15, -0.1) is 0 Å². The Hall–Kier alpha value is -0.990. The van der Waals surface area contributed by atoms with Gasteiger partial charge in [0.15, 0.2) is 0 Å². The van der Waals surface area contributed by atoms with E-state index in [1.54, 1.807) is 0 Å². The molecule has 1 aliphatic rings. The number of nitrogens with one attached hydrogen (secondary N) is 1. The normalized spacial score (nSPS) is 18.6. The van der Waals surface area contributed by atoms with Gasteiger partial charge in [0, 0.05) is 18.3 Å². The van der Waals surface area contributed by atoms with Crippen molar-refractivity contribution < 1.29 is 0 Å². The van der Waals surface area contributed by atoms with Gasteiger partial charge in [-0.1, -0.05) is 20.8 Å². The van der Waals surface area contributed by atoms with Gasteiger partial charge in [-0.2, -0.15) is 0 Å². The van der Waals surface area contributed by atoms with Gasteiger partial charge in [0.05, 0.1) is 5.69 Å². The molecule has 2 rings (SSSR count). The summed E-state index contributed by atoms with van der Waals surface area (Å²) in [6, 6.07) is 1.11. The second-order valence-corrected chi connectivity index (χ2v) is 6.07. The Bertz CT molecular complexity index is 369. The topological polar surface area (TPSA) is 29.9 Å². The first kappa shape index (κ1) is 11.5. The van der Waals surface area contributed by atoms with Crippen LogP contribution in [0.3, 0.4) is 0 Å². The molecule has 1 saturated carbocycles. The third-order valence-corrected chi connectivity index (χ3v) is 3.43. The predicted octanol–water partition coefficient (Wildman–Crippen LogP) is 3.37. The van der Waals surface area contributed by atoms with Crippen LogP contribution in [0.4, 0.5) is 5.95 Å². The van der Waals surface area contributed by atoms with E-state index in [1.807, 2.05) is 0 Å². The number of aryl methyl sites for hydroxylation is 1. The number of imidazole rings is 1. The standard InChI is InChI=1S/C13H23N3/c1-9-8-16(10(2)13(3,4)5)12(14-9)15-11-6-7-11/h8,10-11H,6-7H2,1-5H3,(H,14,15). The summed E-state index contributed by atoms with van der Waals surface area (Å²) in [5, 5.41) is 3.51. The maximum Gasteiger partial charge on any atom is 0.203 e. The molecule has 3 nitrogen and oxygen atoms in total. The zero-order valence-corrected chi connectivity index (χ0v) is 11.0. The maximum absolute atomic E-state index is 4.58. The minimum atomic E-state index is 0.257. The van der Waals surface area contributed by atoms with Gasteiger partial charge in [-0.3, -0.25) is 0 Å². The zero-order chi connectivity index (χ0) is 11.9. The van der Waals surface area contributed by atoms with E-state index >= 15 is 0 Å². The Morgan fingerprint density at radius 2 is 2.06 bits per heavy atom. The van der Waals surface area contributed by atoms with Crippen LogP contribution >= 0.6 is 0 Å². The van der Waals surface area contributed by atoms with Gasteiger partial charge >= 0.3 is 0 Å². The van der Waals surface area contributed by atoms with E-state index in [0.717, 1.165) is 11.6 Å². The van der Waals surface area contributed by atoms with Crippen molar-refractivity contribution in [2.24, 2.45) is 5.41 Å². The maximum atomic E-state index is 4.58. The lowest BCUT2D eigenvalue weighted by Crippen LogP contribution is -2.23. The van der Waals surface area contributed by atoms with Crippen LogP contribution in [0.5, 0.6) is 0 Å². The summed E-state index contributed by atoms with van der Waals surface area (Å²) in [5.74, 6) is 1.04. The average Bonchev–Trinajstić information content (AvgIpc) is 2.87. The zero-order valence-electron chi connectivity index (χ0n) is 11.0. The van der Waals surface area contributed by atoms with Crippen molar-refractivity contribution in [3.8, 4) is 0 Å². The molecule has 1 aromatic heterocycles. The van der Waals surface area contributed by atoms with E-state index in [9.17, 15) is 0 Å². The highest BCUT2D eigenvalue weighted by atomic mass is 15.2. The Morgan fingerprint density at radius 3 is 2.56 bits per heavy atom. The van der Waals surface area contributed by atoms with Crippen LogP contribution in [0.15, 0.2) is 6.20 Å². The van der Waals surface area contributed by atoms with Gasteiger partial charge < -0.3 is 9.88 Å². The van der Waals surface area contributed by atoms with Crippen molar-refractivity contribution in [2.45, 2.75) is 59.5 Å². The summed E-state index contributed by atoms with van der Waals surface area (Å²) >= 11 is 0. The molecule has 90 valence electrons. The molecular formula is C13H23N3. The molecule has 0 bridgehead atoms. The van der Waals surface area contributed by atoms with Crippen LogP contribution in [0.25, 0.3) is 0 Å². The highest BCUT2D eigenvalue weighted by Crippen LogP contribution is 2.33. The van der Waals surface area contributed by atoms with Crippen LogP contribution < -0.4 is 5.32 Å². The first-order chi connectivity index (χ1) is 7.38. The molecule has 0 radical (unpaired) electrons. The molecule has 0 aromatic carbocycles. The second-order valence-electron chi connectivity index (χ2n) is 6.07. The number of hydrogen-bond acceptors (Lipinski definition) is 2. The second kappa shape index (κ2) is 3.79. The lowest BCUT2D eigenvalue weighted by molar-refractivity contribution is 0.264. The van der Waals surface area contributed by atoms with Crippen molar-refractivity contribution in [3.63, 3.8) is 0 Å². The number of nitrogens with zero attached hydrogens (tertiary/aromatic N) is 2. The van der Waals surface area contributed by atoms with Crippen molar-refractivity contribution in [3.05, 3.63) is 11.9 Å². The molecule has 1 aromatic rings. The monoisotopic (exact) mass is 221 g/mol. The summed E-state index contributed by atoms with van der Waals surface area (Å²) in [7, 11) is 0. The summed E-state index contributed by atoms with van der Waals surface area (Å²) < 4.78 is 2.29. The number of anilines is 1. The third kappa shape index (κ3) is 2.39. The van der Waals surface area contributed by atoms with Gasteiger partial charge in [0.25, 0.3) is 0 Å². The average molecular weight is 221 g/mol. The lowest BCUT2D eigenvalue weighted by atomic mass is 9.88. The smallest absolute Gasteiger partial charge is 0.203 e. The van der Waals surface area contributed by atoms with Crippen molar-refractivity contribution in [1.29, 1.82) is 0 Å². The molecule has 1 heterocycles. The lowest BCUT2D eigenvalue weighted by Gasteiger charge is -2.29. The molecule has 1 unspecified atom stereocenters. The Balaban J connectivity index is 2.23. The van der Waals surface area contributed by atoms with Crippen LogP contribution in [0, 0.1) is 12.3 Å². The van der Waals surface area contributed by atoms with E-state index in [0.29, 0.717) is 12.1 Å². The fraction of sp³-hybridized carbons (Fsp3) is 0.769. The van der Waals surface area contributed by atoms with Crippen molar-refractivity contribution in [1.82, 2.24) is 9.55 Å². The van der Waals surface area contributed by atoms with Gasteiger partial charge in [0.1, 0.15) is 0 Å². The quantitative estimate of drug-likeness (QED) is 0.848. The SMILES string of the molecule is Cc1cn(C(C)C(C)(C)C)c(NC2CC2)n1.